The summed E-state index contributed by atoms with van der Waals surface area (Å²) < 4.78 is 0. The zero-order valence-corrected chi connectivity index (χ0v) is 28.7. The molecule has 225 valence electrons. The van der Waals surface area contributed by atoms with E-state index in [0.29, 0.717) is 17.4 Å². The zero-order chi connectivity index (χ0) is 31.0. The van der Waals surface area contributed by atoms with Crippen LogP contribution in [0, 0.1) is 13.8 Å². The molecule has 0 aliphatic carbocycles. The van der Waals surface area contributed by atoms with Gasteiger partial charge in [-0.15, -0.1) is 24.3 Å². The summed E-state index contributed by atoms with van der Waals surface area (Å²) in [7, 11) is 2.08. The molecule has 0 heterocycles. The molecule has 5 rings (SSSR count). The summed E-state index contributed by atoms with van der Waals surface area (Å²) in [4.78, 5) is 2.25. The van der Waals surface area contributed by atoms with Crippen molar-refractivity contribution < 1.29 is 36.4 Å². The molecule has 0 saturated carbocycles. The minimum Gasteiger partial charge on any atom is -0.507 e. The molecule has 0 aliphatic heterocycles. The van der Waals surface area contributed by atoms with Crippen LogP contribution in [0.15, 0.2) is 127 Å². The van der Waals surface area contributed by atoms with Gasteiger partial charge in [0.15, 0.2) is 0 Å². The predicted molar refractivity (Wildman–Crippen MR) is 182 cm³/mol. The number of hydrogen-bond donors (Lipinski definition) is 2. The number of benzene rings is 5. The predicted octanol–water partition coefficient (Wildman–Crippen LogP) is 9.34. The Bertz CT molecular complexity index is 1450. The smallest absolute Gasteiger partial charge is 0.507 e. The number of nitrogens with zero attached hydrogens (tertiary/aromatic N) is 1. The largest absolute Gasteiger partial charge is 3.00 e. The first kappa shape index (κ1) is 36.5. The first-order valence-electron chi connectivity index (χ1n) is 14.9. The van der Waals surface area contributed by atoms with Crippen molar-refractivity contribution >= 4 is 0 Å². The zero-order valence-electron chi connectivity index (χ0n) is 26.3. The van der Waals surface area contributed by atoms with E-state index in [9.17, 15) is 10.2 Å². The molecule has 0 aliphatic rings. The van der Waals surface area contributed by atoms with Crippen molar-refractivity contribution in [3.8, 4) is 22.6 Å². The second-order valence-corrected chi connectivity index (χ2v) is 11.0. The first-order valence-corrected chi connectivity index (χ1v) is 14.9. The van der Waals surface area contributed by atoms with Crippen LogP contribution in [0.1, 0.15) is 47.6 Å². The normalized spacial score (nSPS) is 10.2. The summed E-state index contributed by atoms with van der Waals surface area (Å²) in [5.41, 5.74) is 7.01. The number of rotatable bonds is 8. The van der Waals surface area contributed by atoms with E-state index in [1.165, 1.54) is 0 Å². The fourth-order valence-corrected chi connectivity index (χ4v) is 4.61. The van der Waals surface area contributed by atoms with Crippen molar-refractivity contribution in [1.29, 1.82) is 0 Å². The van der Waals surface area contributed by atoms with Crippen LogP contribution in [0.5, 0.6) is 11.5 Å². The maximum absolute atomic E-state index is 10.7. The molecule has 0 aromatic heterocycles. The molecule has 2 N–H and O–H groups in total. The Morgan fingerprint density at radius 3 is 1.43 bits per heavy atom. The molecular weight excluding hydrogens is 618 g/mol. The van der Waals surface area contributed by atoms with Crippen LogP contribution in [0.4, 0.5) is 0 Å². The van der Waals surface area contributed by atoms with Crippen LogP contribution >= 0.6 is 0 Å². The van der Waals surface area contributed by atoms with E-state index < -0.39 is 0 Å². The van der Waals surface area contributed by atoms with Gasteiger partial charge >= 0.3 is 26.2 Å². The van der Waals surface area contributed by atoms with Gasteiger partial charge in [-0.05, 0) is 48.1 Å². The quantitative estimate of drug-likeness (QED) is 0.163. The van der Waals surface area contributed by atoms with Crippen LogP contribution in [0.2, 0.25) is 0 Å². The number of aromatic hydroxyl groups is 2. The van der Waals surface area contributed by atoms with Crippen molar-refractivity contribution in [3.05, 3.63) is 169 Å². The van der Waals surface area contributed by atoms with Crippen LogP contribution in [-0.2, 0) is 39.0 Å². The van der Waals surface area contributed by atoms with E-state index in [0.717, 1.165) is 64.9 Å². The maximum Gasteiger partial charge on any atom is 3.00 e. The van der Waals surface area contributed by atoms with Crippen LogP contribution < -0.4 is 0 Å². The molecule has 0 amide bonds. The Morgan fingerprint density at radius 2 is 1.00 bits per heavy atom. The van der Waals surface area contributed by atoms with E-state index in [1.54, 1.807) is 0 Å². The minimum atomic E-state index is 0. The number of phenols is 2. The Kier molecular flexibility index (Phi) is 16.2. The van der Waals surface area contributed by atoms with E-state index in [4.69, 9.17) is 0 Å². The molecule has 3 nitrogen and oxygen atoms in total. The van der Waals surface area contributed by atoms with Gasteiger partial charge in [-0.1, -0.05) is 92.7 Å². The number of phenolic OH excluding ortho intramolecular Hbond substituents is 2. The third-order valence-electron chi connectivity index (χ3n) is 7.19. The molecule has 5 aromatic carbocycles. The summed E-state index contributed by atoms with van der Waals surface area (Å²) in [6, 6.07) is 41.7. The summed E-state index contributed by atoms with van der Waals surface area (Å²) in [5, 5.41) is 21.2. The second kappa shape index (κ2) is 19.5. The summed E-state index contributed by atoms with van der Waals surface area (Å²) >= 11 is 0. The van der Waals surface area contributed by atoms with Crippen molar-refractivity contribution in [2.75, 3.05) is 20.1 Å². The van der Waals surface area contributed by atoms with Gasteiger partial charge in [0.05, 0.1) is 0 Å². The van der Waals surface area contributed by atoms with Gasteiger partial charge in [-0.2, -0.15) is 49.2 Å². The molecular formula is C40H45NO2Zr+. The molecule has 0 atom stereocenters. The second-order valence-electron chi connectivity index (χ2n) is 11.0. The fourth-order valence-electron chi connectivity index (χ4n) is 4.61. The van der Waals surface area contributed by atoms with E-state index in [1.807, 2.05) is 127 Å². The van der Waals surface area contributed by atoms with Crippen molar-refractivity contribution in [1.82, 2.24) is 4.90 Å². The third-order valence-corrected chi connectivity index (χ3v) is 7.19. The van der Waals surface area contributed by atoms with Gasteiger partial charge in [0.25, 0.3) is 0 Å². The fraction of sp³-hybridized carbons (Fsp3) is 0.200. The average Bonchev–Trinajstić information content (AvgIpc) is 3.02. The van der Waals surface area contributed by atoms with Gasteiger partial charge in [0, 0.05) is 18.7 Å². The Hall–Kier alpha value is -3.72. The number of hydrogen-bond acceptors (Lipinski definition) is 3. The minimum absolute atomic E-state index is 0. The molecule has 0 spiro atoms. The molecule has 4 heteroatoms. The summed E-state index contributed by atoms with van der Waals surface area (Å²) in [6.07, 6.45) is 1.58. The Morgan fingerprint density at radius 1 is 0.568 bits per heavy atom. The van der Waals surface area contributed by atoms with Crippen LogP contribution in [-0.4, -0.2) is 35.3 Å². The molecule has 0 unspecified atom stereocenters. The van der Waals surface area contributed by atoms with Crippen molar-refractivity contribution in [2.45, 2.75) is 32.6 Å². The van der Waals surface area contributed by atoms with E-state index in [2.05, 4.69) is 39.6 Å². The van der Waals surface area contributed by atoms with Crippen LogP contribution in [0.25, 0.3) is 11.1 Å². The first-order chi connectivity index (χ1) is 20.8. The number of para-hydroxylation sites is 2. The van der Waals surface area contributed by atoms with Crippen LogP contribution in [0.3, 0.4) is 0 Å². The Balaban J connectivity index is 0.000000367. The summed E-state index contributed by atoms with van der Waals surface area (Å²) in [5.74, 6) is 1.12. The molecule has 0 fully saturated rings. The van der Waals surface area contributed by atoms with E-state index >= 15 is 0 Å². The molecule has 5 aromatic rings. The van der Waals surface area contributed by atoms with Crippen molar-refractivity contribution in [3.63, 3.8) is 0 Å². The maximum atomic E-state index is 10.7. The topological polar surface area (TPSA) is 43.7 Å². The van der Waals surface area contributed by atoms with Gasteiger partial charge < -0.3 is 15.1 Å². The van der Waals surface area contributed by atoms with Gasteiger partial charge in [0.2, 0.25) is 0 Å². The molecule has 0 bridgehead atoms. The molecule has 1 radical (unpaired) electrons. The monoisotopic (exact) mass is 661 g/mol. The van der Waals surface area contributed by atoms with E-state index in [-0.39, 0.29) is 26.2 Å². The average molecular weight is 663 g/mol. The standard InChI is InChI=1S/C26H31NO2.2C7H7.Zr/c1-19(2)23-13-7-11-21(25(23)28)15-17-27(3)18-16-22-12-8-14-24(26(22)29)20-9-5-4-6-10-20;2*1-7-5-3-2-4-6-7;/h4-14,19,28-29H,15-18H2,1-3H3;2*2-6H,1H2;/q;2*-1;+3. The third kappa shape index (κ3) is 12.1. The molecule has 44 heavy (non-hydrogen) atoms. The van der Waals surface area contributed by atoms with Gasteiger partial charge in [-0.25, -0.2) is 0 Å². The van der Waals surface area contributed by atoms with Gasteiger partial charge in [-0.3, -0.25) is 0 Å². The number of likely N-dealkylation sites (N-methyl/N-ethyl adjacent to an activating group) is 1. The van der Waals surface area contributed by atoms with Crippen molar-refractivity contribution in [2.24, 2.45) is 0 Å². The van der Waals surface area contributed by atoms with Gasteiger partial charge in [0.1, 0.15) is 11.5 Å². The Labute approximate surface area is 284 Å². The summed E-state index contributed by atoms with van der Waals surface area (Å²) in [6.45, 7) is 13.3. The SMILES string of the molecule is CC(C)c1cccc(CCN(C)CCc2cccc(-c3ccccc3)c2O)c1O.[CH2-]c1ccccc1.[CH2-]c1ccccc1.[Zr+3]. The molecule has 0 saturated heterocycles.